The van der Waals surface area contributed by atoms with Gasteiger partial charge in [0.1, 0.15) is 12.4 Å². The fourth-order valence-corrected chi connectivity index (χ4v) is 2.38. The molecular formula is C16H19FN2O3. The molecule has 1 heterocycles. The molecule has 0 radical (unpaired) electrons. The second-order valence-corrected chi connectivity index (χ2v) is 5.21. The zero-order valence-corrected chi connectivity index (χ0v) is 12.5. The van der Waals surface area contributed by atoms with Crippen molar-refractivity contribution in [2.45, 2.75) is 6.92 Å². The van der Waals surface area contributed by atoms with Crippen molar-refractivity contribution < 1.29 is 19.1 Å². The van der Waals surface area contributed by atoms with Gasteiger partial charge in [-0.2, -0.15) is 0 Å². The van der Waals surface area contributed by atoms with Gasteiger partial charge in [0.2, 0.25) is 11.8 Å². The van der Waals surface area contributed by atoms with Crippen molar-refractivity contribution in [2.24, 2.45) is 0 Å². The summed E-state index contributed by atoms with van der Waals surface area (Å²) in [6, 6.07) is 5.93. The van der Waals surface area contributed by atoms with Gasteiger partial charge >= 0.3 is 0 Å². The number of amides is 2. The lowest BCUT2D eigenvalue weighted by molar-refractivity contribution is -0.139. The molecule has 6 heteroatoms. The van der Waals surface area contributed by atoms with Gasteiger partial charge in [0.15, 0.2) is 0 Å². The number of carbonyl (C=O) groups is 2. The Hall–Kier alpha value is -2.21. The Kier molecular flexibility index (Phi) is 5.27. The summed E-state index contributed by atoms with van der Waals surface area (Å²) >= 11 is 0. The fourth-order valence-electron chi connectivity index (χ4n) is 2.38. The standard InChI is InChI=1S/C16H19FN2O3/c1-12(10-13-2-4-14(17)5-3-13)16(22)19-8-6-18(7-9-19)15(21)11-20/h2-5,10,20H,6-9,11H2,1H3/b12-10-. The monoisotopic (exact) mass is 306 g/mol. The number of halogens is 1. The third kappa shape index (κ3) is 3.92. The Bertz CT molecular complexity index is 576. The van der Waals surface area contributed by atoms with E-state index in [0.717, 1.165) is 5.56 Å². The summed E-state index contributed by atoms with van der Waals surface area (Å²) in [5.74, 6) is -0.725. The number of aliphatic hydroxyl groups is 1. The molecule has 1 N–H and O–H groups in total. The summed E-state index contributed by atoms with van der Waals surface area (Å²) < 4.78 is 12.9. The molecule has 118 valence electrons. The number of benzene rings is 1. The zero-order chi connectivity index (χ0) is 16.1. The molecule has 0 aromatic heterocycles. The molecule has 1 fully saturated rings. The van der Waals surface area contributed by atoms with Crippen LogP contribution in [0.25, 0.3) is 6.08 Å². The van der Waals surface area contributed by atoms with Gasteiger partial charge < -0.3 is 14.9 Å². The molecule has 5 nitrogen and oxygen atoms in total. The van der Waals surface area contributed by atoms with E-state index in [-0.39, 0.29) is 17.6 Å². The molecule has 0 spiro atoms. The van der Waals surface area contributed by atoms with Crippen LogP contribution in [-0.4, -0.2) is 59.5 Å². The average Bonchev–Trinajstić information content (AvgIpc) is 2.55. The Labute approximate surface area is 128 Å². The number of aliphatic hydroxyl groups excluding tert-OH is 1. The molecule has 0 aliphatic carbocycles. The molecule has 0 unspecified atom stereocenters. The van der Waals surface area contributed by atoms with Crippen LogP contribution in [0, 0.1) is 5.82 Å². The van der Waals surface area contributed by atoms with Gasteiger partial charge in [-0.3, -0.25) is 9.59 Å². The minimum Gasteiger partial charge on any atom is -0.387 e. The van der Waals surface area contributed by atoms with Gasteiger partial charge in [-0.05, 0) is 30.7 Å². The number of piperazine rings is 1. The third-order valence-corrected chi connectivity index (χ3v) is 3.65. The molecule has 0 saturated carbocycles. The van der Waals surface area contributed by atoms with E-state index in [4.69, 9.17) is 5.11 Å². The summed E-state index contributed by atoms with van der Waals surface area (Å²) in [6.45, 7) is 2.96. The van der Waals surface area contributed by atoms with E-state index >= 15 is 0 Å². The molecule has 0 atom stereocenters. The van der Waals surface area contributed by atoms with E-state index in [1.807, 2.05) is 0 Å². The Morgan fingerprint density at radius 1 is 1.14 bits per heavy atom. The number of hydrogen-bond acceptors (Lipinski definition) is 3. The maximum absolute atomic E-state index is 12.9. The van der Waals surface area contributed by atoms with Crippen molar-refractivity contribution in [1.82, 2.24) is 9.80 Å². The van der Waals surface area contributed by atoms with Gasteiger partial charge in [0.25, 0.3) is 0 Å². The Morgan fingerprint density at radius 2 is 1.68 bits per heavy atom. The van der Waals surface area contributed by atoms with Crippen LogP contribution in [0.3, 0.4) is 0 Å². The first-order chi connectivity index (χ1) is 10.5. The highest BCUT2D eigenvalue weighted by Crippen LogP contribution is 2.12. The van der Waals surface area contributed by atoms with Gasteiger partial charge in [-0.1, -0.05) is 12.1 Å². The van der Waals surface area contributed by atoms with Gasteiger partial charge in [-0.15, -0.1) is 0 Å². The molecule has 1 aromatic carbocycles. The van der Waals surface area contributed by atoms with Crippen molar-refractivity contribution in [2.75, 3.05) is 32.8 Å². The number of nitrogens with zero attached hydrogens (tertiary/aromatic N) is 2. The second kappa shape index (κ2) is 7.17. The van der Waals surface area contributed by atoms with Crippen LogP contribution < -0.4 is 0 Å². The van der Waals surface area contributed by atoms with Crippen LogP contribution >= 0.6 is 0 Å². The SMILES string of the molecule is C/C(=C/c1ccc(F)cc1)C(=O)N1CCN(C(=O)CO)CC1. The highest BCUT2D eigenvalue weighted by Gasteiger charge is 2.24. The van der Waals surface area contributed by atoms with Crippen LogP contribution in [0.15, 0.2) is 29.8 Å². The van der Waals surface area contributed by atoms with Crippen molar-refractivity contribution in [3.05, 3.63) is 41.2 Å². The molecule has 1 saturated heterocycles. The lowest BCUT2D eigenvalue weighted by Gasteiger charge is -2.34. The maximum atomic E-state index is 12.9. The predicted molar refractivity (Wildman–Crippen MR) is 80.3 cm³/mol. The summed E-state index contributed by atoms with van der Waals surface area (Å²) in [5.41, 5.74) is 1.33. The van der Waals surface area contributed by atoms with Crippen LogP contribution in [0.2, 0.25) is 0 Å². The topological polar surface area (TPSA) is 60.9 Å². The molecule has 2 rings (SSSR count). The van der Waals surface area contributed by atoms with Crippen LogP contribution in [-0.2, 0) is 9.59 Å². The number of hydrogen-bond donors (Lipinski definition) is 1. The fraction of sp³-hybridized carbons (Fsp3) is 0.375. The average molecular weight is 306 g/mol. The van der Waals surface area contributed by atoms with Crippen molar-refractivity contribution in [3.63, 3.8) is 0 Å². The summed E-state index contributed by atoms with van der Waals surface area (Å²) in [6.07, 6.45) is 1.72. The van der Waals surface area contributed by atoms with Crippen LogP contribution in [0.4, 0.5) is 4.39 Å². The molecule has 1 aliphatic heterocycles. The molecule has 1 aromatic rings. The van der Waals surface area contributed by atoms with E-state index < -0.39 is 6.61 Å². The molecule has 0 bridgehead atoms. The van der Waals surface area contributed by atoms with Crippen LogP contribution in [0.5, 0.6) is 0 Å². The minimum atomic E-state index is -0.503. The largest absolute Gasteiger partial charge is 0.387 e. The van der Waals surface area contributed by atoms with Crippen molar-refractivity contribution in [1.29, 1.82) is 0 Å². The quantitative estimate of drug-likeness (QED) is 0.844. The van der Waals surface area contributed by atoms with Crippen molar-refractivity contribution >= 4 is 17.9 Å². The van der Waals surface area contributed by atoms with E-state index in [9.17, 15) is 14.0 Å². The highest BCUT2D eigenvalue weighted by atomic mass is 19.1. The van der Waals surface area contributed by atoms with Crippen LogP contribution in [0.1, 0.15) is 12.5 Å². The first kappa shape index (κ1) is 16.2. The molecule has 22 heavy (non-hydrogen) atoms. The molecule has 2 amide bonds. The van der Waals surface area contributed by atoms with E-state index in [2.05, 4.69) is 0 Å². The summed E-state index contributed by atoms with van der Waals surface area (Å²) in [5, 5.41) is 8.83. The summed E-state index contributed by atoms with van der Waals surface area (Å²) in [7, 11) is 0. The normalized spacial score (nSPS) is 15.9. The third-order valence-electron chi connectivity index (χ3n) is 3.65. The summed E-state index contributed by atoms with van der Waals surface area (Å²) in [4.78, 5) is 26.9. The van der Waals surface area contributed by atoms with Gasteiger partial charge in [0.05, 0.1) is 0 Å². The molecular weight excluding hydrogens is 287 g/mol. The minimum absolute atomic E-state index is 0.0968. The lowest BCUT2D eigenvalue weighted by Crippen LogP contribution is -2.51. The van der Waals surface area contributed by atoms with Crippen molar-refractivity contribution in [3.8, 4) is 0 Å². The van der Waals surface area contributed by atoms with E-state index in [1.54, 1.807) is 34.9 Å². The number of rotatable bonds is 3. The van der Waals surface area contributed by atoms with Gasteiger partial charge in [0, 0.05) is 31.8 Å². The maximum Gasteiger partial charge on any atom is 0.249 e. The first-order valence-corrected chi connectivity index (χ1v) is 7.13. The lowest BCUT2D eigenvalue weighted by atomic mass is 10.1. The highest BCUT2D eigenvalue weighted by molar-refractivity contribution is 5.97. The first-order valence-electron chi connectivity index (χ1n) is 7.13. The Morgan fingerprint density at radius 3 is 2.23 bits per heavy atom. The zero-order valence-electron chi connectivity index (χ0n) is 12.5. The smallest absolute Gasteiger partial charge is 0.249 e. The van der Waals surface area contributed by atoms with E-state index in [1.165, 1.54) is 12.1 Å². The Balaban J connectivity index is 1.97. The van der Waals surface area contributed by atoms with Gasteiger partial charge in [-0.25, -0.2) is 4.39 Å². The molecule has 1 aliphatic rings. The number of carbonyl (C=O) groups excluding carboxylic acids is 2. The second-order valence-electron chi connectivity index (χ2n) is 5.21. The predicted octanol–water partition coefficient (Wildman–Crippen LogP) is 0.892. The van der Waals surface area contributed by atoms with E-state index in [0.29, 0.717) is 31.8 Å².